The van der Waals surface area contributed by atoms with Crippen LogP contribution in [-0.2, 0) is 0 Å². The van der Waals surface area contributed by atoms with Crippen molar-refractivity contribution in [2.75, 3.05) is 6.61 Å². The van der Waals surface area contributed by atoms with Crippen molar-refractivity contribution in [3.63, 3.8) is 0 Å². The second-order valence-corrected chi connectivity index (χ2v) is 2.64. The summed E-state index contributed by atoms with van der Waals surface area (Å²) in [5.74, 6) is -0.0972. The molecule has 9 heavy (non-hydrogen) atoms. The van der Waals surface area contributed by atoms with Crippen molar-refractivity contribution >= 4 is 0 Å². The smallest absolute Gasteiger partial charge is 0.0615 e. The Bertz CT molecular complexity index is 94.3. The van der Waals surface area contributed by atoms with E-state index in [0.29, 0.717) is 12.8 Å². The van der Waals surface area contributed by atoms with Gasteiger partial charge in [0.1, 0.15) is 0 Å². The molecule has 3 N–H and O–H groups in total. The maximum absolute atomic E-state index is 9.04. The fourth-order valence-corrected chi connectivity index (χ4v) is 1.27. The van der Waals surface area contributed by atoms with Crippen molar-refractivity contribution in [2.24, 2.45) is 5.92 Å². The van der Waals surface area contributed by atoms with Crippen molar-refractivity contribution in [1.29, 1.82) is 0 Å². The fourth-order valence-electron chi connectivity index (χ4n) is 1.27. The number of aliphatic hydroxyl groups is 3. The van der Waals surface area contributed by atoms with Gasteiger partial charge in [-0.1, -0.05) is 0 Å². The Morgan fingerprint density at radius 1 is 1.22 bits per heavy atom. The second-order valence-electron chi connectivity index (χ2n) is 2.64. The standard InChI is InChI=1S/C6H12O3/c7-3-4-1-5(8)2-6(4)9/h4-9H,1-3H2. The third kappa shape index (κ3) is 1.41. The van der Waals surface area contributed by atoms with E-state index in [1.165, 1.54) is 0 Å². The maximum atomic E-state index is 9.04. The number of hydrogen-bond acceptors (Lipinski definition) is 3. The Morgan fingerprint density at radius 3 is 2.11 bits per heavy atom. The lowest BCUT2D eigenvalue weighted by atomic mass is 10.1. The summed E-state index contributed by atoms with van der Waals surface area (Å²) in [7, 11) is 0. The molecule has 0 radical (unpaired) electrons. The number of hydrogen-bond donors (Lipinski definition) is 3. The lowest BCUT2D eigenvalue weighted by Crippen LogP contribution is -2.16. The van der Waals surface area contributed by atoms with E-state index in [4.69, 9.17) is 15.3 Å². The summed E-state index contributed by atoms with van der Waals surface area (Å²) >= 11 is 0. The minimum atomic E-state index is -0.495. The first-order valence-corrected chi connectivity index (χ1v) is 3.21. The summed E-state index contributed by atoms with van der Waals surface area (Å²) in [5.41, 5.74) is 0. The Morgan fingerprint density at radius 2 is 1.89 bits per heavy atom. The molecule has 0 amide bonds. The zero-order valence-electron chi connectivity index (χ0n) is 5.20. The molecule has 1 rings (SSSR count). The highest BCUT2D eigenvalue weighted by molar-refractivity contribution is 4.81. The van der Waals surface area contributed by atoms with E-state index in [-0.39, 0.29) is 12.5 Å². The molecule has 0 aliphatic heterocycles. The highest BCUT2D eigenvalue weighted by atomic mass is 16.3. The van der Waals surface area contributed by atoms with E-state index in [1.54, 1.807) is 0 Å². The van der Waals surface area contributed by atoms with Crippen LogP contribution in [0.5, 0.6) is 0 Å². The Balaban J connectivity index is 2.38. The summed E-state index contributed by atoms with van der Waals surface area (Å²) in [6.07, 6.45) is 0.0604. The van der Waals surface area contributed by atoms with Gasteiger partial charge in [-0.2, -0.15) is 0 Å². The molecule has 0 aromatic carbocycles. The van der Waals surface area contributed by atoms with Crippen molar-refractivity contribution < 1.29 is 15.3 Å². The van der Waals surface area contributed by atoms with Crippen LogP contribution < -0.4 is 0 Å². The van der Waals surface area contributed by atoms with Crippen LogP contribution >= 0.6 is 0 Å². The van der Waals surface area contributed by atoms with Gasteiger partial charge in [-0.3, -0.25) is 0 Å². The van der Waals surface area contributed by atoms with Gasteiger partial charge in [0.2, 0.25) is 0 Å². The topological polar surface area (TPSA) is 60.7 Å². The van der Waals surface area contributed by atoms with Crippen molar-refractivity contribution in [3.8, 4) is 0 Å². The van der Waals surface area contributed by atoms with Crippen LogP contribution in [0.4, 0.5) is 0 Å². The molecular weight excluding hydrogens is 120 g/mol. The quantitative estimate of drug-likeness (QED) is 0.434. The van der Waals surface area contributed by atoms with E-state index >= 15 is 0 Å². The van der Waals surface area contributed by atoms with E-state index in [9.17, 15) is 0 Å². The largest absolute Gasteiger partial charge is 0.396 e. The van der Waals surface area contributed by atoms with Crippen LogP contribution in [0, 0.1) is 5.92 Å². The molecule has 3 atom stereocenters. The van der Waals surface area contributed by atoms with Crippen LogP contribution in [0.1, 0.15) is 12.8 Å². The molecule has 3 nitrogen and oxygen atoms in total. The Kier molecular flexibility index (Phi) is 2.05. The molecule has 3 heteroatoms. The summed E-state index contributed by atoms with van der Waals surface area (Å²) in [4.78, 5) is 0. The first-order chi connectivity index (χ1) is 4.24. The van der Waals surface area contributed by atoms with Crippen molar-refractivity contribution in [3.05, 3.63) is 0 Å². The molecular formula is C6H12O3. The van der Waals surface area contributed by atoms with Gasteiger partial charge in [0.25, 0.3) is 0 Å². The third-order valence-electron chi connectivity index (χ3n) is 1.87. The molecule has 1 aliphatic carbocycles. The van der Waals surface area contributed by atoms with Crippen molar-refractivity contribution in [2.45, 2.75) is 25.0 Å². The monoisotopic (exact) mass is 132 g/mol. The molecule has 0 aromatic heterocycles. The first kappa shape index (κ1) is 6.99. The minimum absolute atomic E-state index is 0.0156. The highest BCUT2D eigenvalue weighted by Gasteiger charge is 2.30. The van der Waals surface area contributed by atoms with E-state index in [0.717, 1.165) is 0 Å². The zero-order valence-corrected chi connectivity index (χ0v) is 5.20. The normalized spacial score (nSPS) is 43.7. The van der Waals surface area contributed by atoms with Gasteiger partial charge in [0, 0.05) is 12.5 Å². The number of aliphatic hydroxyl groups excluding tert-OH is 3. The van der Waals surface area contributed by atoms with Gasteiger partial charge in [-0.05, 0) is 12.8 Å². The molecule has 1 fully saturated rings. The van der Waals surface area contributed by atoms with Gasteiger partial charge in [0.05, 0.1) is 12.2 Å². The molecule has 0 saturated heterocycles. The molecule has 1 saturated carbocycles. The SMILES string of the molecule is OCC1CC(O)CC1O. The molecule has 0 aromatic rings. The molecule has 0 heterocycles. The minimum Gasteiger partial charge on any atom is -0.396 e. The van der Waals surface area contributed by atoms with E-state index < -0.39 is 12.2 Å². The van der Waals surface area contributed by atoms with Crippen LogP contribution in [-0.4, -0.2) is 34.1 Å². The van der Waals surface area contributed by atoms with Crippen LogP contribution in [0.2, 0.25) is 0 Å². The summed E-state index contributed by atoms with van der Waals surface area (Å²) in [6, 6.07) is 0. The third-order valence-corrected chi connectivity index (χ3v) is 1.87. The maximum Gasteiger partial charge on any atom is 0.0615 e. The summed E-state index contributed by atoms with van der Waals surface area (Å²) in [6.45, 7) is -0.0156. The predicted octanol–water partition coefficient (Wildman–Crippen LogP) is -0.890. The van der Waals surface area contributed by atoms with Gasteiger partial charge in [-0.15, -0.1) is 0 Å². The first-order valence-electron chi connectivity index (χ1n) is 3.21. The van der Waals surface area contributed by atoms with Gasteiger partial charge < -0.3 is 15.3 Å². The molecule has 0 spiro atoms. The van der Waals surface area contributed by atoms with Crippen molar-refractivity contribution in [1.82, 2.24) is 0 Å². The molecule has 0 bridgehead atoms. The lowest BCUT2D eigenvalue weighted by molar-refractivity contribution is 0.0893. The van der Waals surface area contributed by atoms with Gasteiger partial charge >= 0.3 is 0 Å². The van der Waals surface area contributed by atoms with Crippen LogP contribution in [0.25, 0.3) is 0 Å². The van der Waals surface area contributed by atoms with E-state index in [1.807, 2.05) is 0 Å². The number of rotatable bonds is 1. The lowest BCUT2D eigenvalue weighted by Gasteiger charge is -2.07. The molecule has 1 aliphatic rings. The Hall–Kier alpha value is -0.120. The molecule has 3 unspecified atom stereocenters. The van der Waals surface area contributed by atoms with Crippen LogP contribution in [0.3, 0.4) is 0 Å². The van der Waals surface area contributed by atoms with Crippen LogP contribution in [0.15, 0.2) is 0 Å². The average molecular weight is 132 g/mol. The van der Waals surface area contributed by atoms with Gasteiger partial charge in [-0.25, -0.2) is 0 Å². The van der Waals surface area contributed by atoms with Gasteiger partial charge in [0.15, 0.2) is 0 Å². The summed E-state index contributed by atoms with van der Waals surface area (Å²) in [5, 5.41) is 26.6. The highest BCUT2D eigenvalue weighted by Crippen LogP contribution is 2.24. The second kappa shape index (κ2) is 2.64. The molecule has 54 valence electrons. The van der Waals surface area contributed by atoms with E-state index in [2.05, 4.69) is 0 Å². The Labute approximate surface area is 53.9 Å². The fraction of sp³-hybridized carbons (Fsp3) is 1.00. The average Bonchev–Trinajstić information content (AvgIpc) is 2.10. The summed E-state index contributed by atoms with van der Waals surface area (Å²) < 4.78 is 0. The zero-order chi connectivity index (χ0) is 6.85. The predicted molar refractivity (Wildman–Crippen MR) is 31.8 cm³/mol.